The molecular weight excluding hydrogens is 352 g/mol. The normalized spacial score (nSPS) is 16.8. The van der Waals surface area contributed by atoms with E-state index in [9.17, 15) is 30.0 Å². The van der Waals surface area contributed by atoms with E-state index in [4.69, 9.17) is 4.74 Å². The third-order valence-corrected chi connectivity index (χ3v) is 4.45. The molecule has 7 nitrogen and oxygen atoms in total. The van der Waals surface area contributed by atoms with Gasteiger partial charge in [-0.25, -0.2) is 0 Å². The van der Waals surface area contributed by atoms with Gasteiger partial charge < -0.3 is 25.2 Å². The molecule has 2 aromatic carbocycles. The molecule has 1 aliphatic rings. The van der Waals surface area contributed by atoms with E-state index in [1.165, 1.54) is 24.3 Å². The monoisotopic (exact) mass is 372 g/mol. The zero-order valence-corrected chi connectivity index (χ0v) is 14.9. The zero-order chi connectivity index (χ0) is 19.9. The van der Waals surface area contributed by atoms with E-state index in [1.54, 1.807) is 13.8 Å². The van der Waals surface area contributed by atoms with Gasteiger partial charge in [0.25, 0.3) is 0 Å². The molecule has 0 saturated carbocycles. The second-order valence-corrected chi connectivity index (χ2v) is 7.19. The number of ketones is 2. The molecule has 0 radical (unpaired) electrons. The molecule has 7 heteroatoms. The van der Waals surface area contributed by atoms with Gasteiger partial charge in [-0.2, -0.15) is 0 Å². The van der Waals surface area contributed by atoms with Crippen molar-refractivity contribution in [1.29, 1.82) is 0 Å². The highest BCUT2D eigenvalue weighted by Crippen LogP contribution is 2.45. The molecule has 3 rings (SSSR count). The lowest BCUT2D eigenvalue weighted by Crippen LogP contribution is -2.32. The van der Waals surface area contributed by atoms with Crippen LogP contribution in [-0.4, -0.2) is 37.6 Å². The van der Waals surface area contributed by atoms with Crippen LogP contribution >= 0.6 is 0 Å². The van der Waals surface area contributed by atoms with Crippen LogP contribution in [0.25, 0.3) is 0 Å². The topological polar surface area (TPSA) is 124 Å². The minimum absolute atomic E-state index is 0.00473. The summed E-state index contributed by atoms with van der Waals surface area (Å²) in [6.45, 7) is 3.21. The standard InChI is InChI=1S/C20H20O7/c1-20(2,26)8-7-12-13(22)9-14(23)15-16(24)17(25)18(27-19(12)15)10-3-5-11(21)6-4-10/h3-6,9,18,21-23,26H,7-8H2,1-2H3. The summed E-state index contributed by atoms with van der Waals surface area (Å²) in [6, 6.07) is 6.63. The molecule has 0 aromatic heterocycles. The van der Waals surface area contributed by atoms with E-state index in [2.05, 4.69) is 0 Å². The summed E-state index contributed by atoms with van der Waals surface area (Å²) in [4.78, 5) is 25.1. The van der Waals surface area contributed by atoms with Crippen molar-refractivity contribution in [3.05, 3.63) is 47.0 Å². The maximum Gasteiger partial charge on any atom is 0.248 e. The molecule has 1 heterocycles. The summed E-state index contributed by atoms with van der Waals surface area (Å²) in [5.41, 5.74) is -0.733. The first kappa shape index (κ1) is 18.7. The minimum Gasteiger partial charge on any atom is -0.508 e. The van der Waals surface area contributed by atoms with Crippen LogP contribution in [0.15, 0.2) is 30.3 Å². The molecule has 0 amide bonds. The van der Waals surface area contributed by atoms with Gasteiger partial charge in [-0.15, -0.1) is 0 Å². The summed E-state index contributed by atoms with van der Waals surface area (Å²) in [7, 11) is 0. The maximum atomic E-state index is 12.6. The molecule has 0 aliphatic carbocycles. The lowest BCUT2D eigenvalue weighted by Gasteiger charge is -2.28. The predicted octanol–water partition coefficient (Wildman–Crippen LogP) is 2.39. The van der Waals surface area contributed by atoms with Gasteiger partial charge >= 0.3 is 0 Å². The summed E-state index contributed by atoms with van der Waals surface area (Å²) < 4.78 is 5.74. The third-order valence-electron chi connectivity index (χ3n) is 4.45. The van der Waals surface area contributed by atoms with Gasteiger partial charge in [-0.3, -0.25) is 9.59 Å². The van der Waals surface area contributed by atoms with Gasteiger partial charge in [-0.05, 0) is 38.8 Å². The number of carbonyl (C=O) groups excluding carboxylic acids is 2. The molecule has 0 saturated heterocycles. The number of phenols is 3. The number of hydrogen-bond donors (Lipinski definition) is 4. The lowest BCUT2D eigenvalue weighted by molar-refractivity contribution is -0.122. The number of aromatic hydroxyl groups is 3. The second kappa shape index (κ2) is 6.59. The third kappa shape index (κ3) is 3.59. The van der Waals surface area contributed by atoms with E-state index in [1.807, 2.05) is 0 Å². The van der Waals surface area contributed by atoms with Gasteiger partial charge in [-0.1, -0.05) is 12.1 Å². The number of hydrogen-bond acceptors (Lipinski definition) is 7. The number of fused-ring (bicyclic) bond motifs is 1. The van der Waals surface area contributed by atoms with Crippen LogP contribution < -0.4 is 4.74 Å². The van der Waals surface area contributed by atoms with Gasteiger partial charge in [0, 0.05) is 17.2 Å². The molecule has 0 fully saturated rings. The molecule has 0 spiro atoms. The number of phenolic OH excluding ortho intramolecular Hbond substituents is 3. The van der Waals surface area contributed by atoms with Crippen LogP contribution in [-0.2, 0) is 11.2 Å². The van der Waals surface area contributed by atoms with E-state index in [0.29, 0.717) is 5.56 Å². The molecule has 1 atom stereocenters. The van der Waals surface area contributed by atoms with Crippen LogP contribution in [0.5, 0.6) is 23.0 Å². The highest BCUT2D eigenvalue weighted by Gasteiger charge is 2.40. The van der Waals surface area contributed by atoms with E-state index in [-0.39, 0.29) is 41.2 Å². The van der Waals surface area contributed by atoms with Gasteiger partial charge in [0.1, 0.15) is 28.6 Å². The van der Waals surface area contributed by atoms with Crippen molar-refractivity contribution in [2.75, 3.05) is 0 Å². The lowest BCUT2D eigenvalue weighted by atomic mass is 9.90. The van der Waals surface area contributed by atoms with Gasteiger partial charge in [0.2, 0.25) is 11.6 Å². The van der Waals surface area contributed by atoms with Crippen molar-refractivity contribution < 1.29 is 34.8 Å². The molecule has 4 N–H and O–H groups in total. The molecule has 27 heavy (non-hydrogen) atoms. The Hall–Kier alpha value is -3.06. The van der Waals surface area contributed by atoms with Crippen molar-refractivity contribution in [3.63, 3.8) is 0 Å². The van der Waals surface area contributed by atoms with Crippen molar-refractivity contribution in [2.45, 2.75) is 38.4 Å². The fourth-order valence-corrected chi connectivity index (χ4v) is 2.98. The van der Waals surface area contributed by atoms with E-state index >= 15 is 0 Å². The molecule has 1 unspecified atom stereocenters. The Kier molecular flexibility index (Phi) is 4.57. The maximum absolute atomic E-state index is 12.6. The van der Waals surface area contributed by atoms with Crippen molar-refractivity contribution in [1.82, 2.24) is 0 Å². The first-order valence-electron chi connectivity index (χ1n) is 8.43. The molecule has 142 valence electrons. The Morgan fingerprint density at radius 2 is 1.67 bits per heavy atom. The van der Waals surface area contributed by atoms with Crippen molar-refractivity contribution in [2.24, 2.45) is 0 Å². The van der Waals surface area contributed by atoms with Gasteiger partial charge in [0.15, 0.2) is 6.10 Å². The van der Waals surface area contributed by atoms with E-state index < -0.39 is 29.0 Å². The number of Topliss-reactive ketones (excluding diaryl/α,β-unsaturated/α-hetero) is 2. The van der Waals surface area contributed by atoms with E-state index in [0.717, 1.165) is 6.07 Å². The van der Waals surface area contributed by atoms with Crippen molar-refractivity contribution in [3.8, 4) is 23.0 Å². The van der Waals surface area contributed by atoms with Crippen molar-refractivity contribution >= 4 is 11.6 Å². The summed E-state index contributed by atoms with van der Waals surface area (Å²) >= 11 is 0. The number of aliphatic hydroxyl groups is 1. The number of carbonyl (C=O) groups is 2. The Bertz CT molecular complexity index is 907. The fourth-order valence-electron chi connectivity index (χ4n) is 2.98. The Balaban J connectivity index is 2.09. The van der Waals surface area contributed by atoms with Gasteiger partial charge in [0.05, 0.1) is 5.60 Å². The number of benzene rings is 2. The molecular formula is C20H20O7. The Morgan fingerprint density at radius 1 is 1.04 bits per heavy atom. The Morgan fingerprint density at radius 3 is 2.26 bits per heavy atom. The molecule has 0 bridgehead atoms. The summed E-state index contributed by atoms with van der Waals surface area (Å²) in [6.07, 6.45) is -0.831. The van der Waals surface area contributed by atoms with Crippen LogP contribution in [0.4, 0.5) is 0 Å². The number of ether oxygens (including phenoxy) is 1. The SMILES string of the molecule is CC(C)(O)CCc1c(O)cc(O)c2c1OC(c1ccc(O)cc1)C(=O)C2=O. The molecule has 1 aliphatic heterocycles. The highest BCUT2D eigenvalue weighted by atomic mass is 16.5. The average Bonchev–Trinajstić information content (AvgIpc) is 2.57. The molecule has 2 aromatic rings. The summed E-state index contributed by atoms with van der Waals surface area (Å²) in [5, 5.41) is 39.7. The number of rotatable bonds is 4. The minimum atomic E-state index is -1.26. The van der Waals surface area contributed by atoms with Crippen LogP contribution in [0, 0.1) is 0 Å². The zero-order valence-electron chi connectivity index (χ0n) is 14.9. The summed E-state index contributed by atoms with van der Waals surface area (Å²) in [5.74, 6) is -2.69. The fraction of sp³-hybridized carbons (Fsp3) is 0.300. The van der Waals surface area contributed by atoms with Crippen LogP contribution in [0.1, 0.15) is 47.9 Å². The smallest absolute Gasteiger partial charge is 0.248 e. The van der Waals surface area contributed by atoms with Crippen LogP contribution in [0.3, 0.4) is 0 Å². The largest absolute Gasteiger partial charge is 0.508 e. The second-order valence-electron chi connectivity index (χ2n) is 7.19. The average molecular weight is 372 g/mol. The first-order chi connectivity index (χ1) is 12.6. The van der Waals surface area contributed by atoms with Crippen LogP contribution in [0.2, 0.25) is 0 Å². The quantitative estimate of drug-likeness (QED) is 0.607. The Labute approximate surface area is 155 Å². The first-order valence-corrected chi connectivity index (χ1v) is 8.43. The highest BCUT2D eigenvalue weighted by molar-refractivity contribution is 6.47. The predicted molar refractivity (Wildman–Crippen MR) is 95.2 cm³/mol.